The second-order valence-electron chi connectivity index (χ2n) is 8.27. The lowest BCUT2D eigenvalue weighted by atomic mass is 10.0. The number of aromatic nitrogens is 1. The molecule has 0 saturated heterocycles. The van der Waals surface area contributed by atoms with Crippen molar-refractivity contribution in [2.75, 3.05) is 18.9 Å². The molecule has 6 nitrogen and oxygen atoms in total. The summed E-state index contributed by atoms with van der Waals surface area (Å²) in [6.45, 7) is 2.39. The van der Waals surface area contributed by atoms with Crippen molar-refractivity contribution in [2.45, 2.75) is 38.6 Å². The van der Waals surface area contributed by atoms with Gasteiger partial charge in [-0.05, 0) is 48.1 Å². The van der Waals surface area contributed by atoms with Crippen molar-refractivity contribution in [1.82, 2.24) is 15.6 Å². The Hall–Kier alpha value is -3.32. The molecule has 4 aromatic rings. The number of fused-ring (bicyclic) bond motifs is 2. The number of nitrogens with one attached hydrogen (secondary N) is 4. The second kappa shape index (κ2) is 10.5. The van der Waals surface area contributed by atoms with E-state index in [0.29, 0.717) is 4.88 Å². The summed E-state index contributed by atoms with van der Waals surface area (Å²) in [7, 11) is 1.61. The van der Waals surface area contributed by atoms with Gasteiger partial charge < -0.3 is 20.9 Å². The van der Waals surface area contributed by atoms with Crippen LogP contribution < -0.4 is 16.0 Å². The fourth-order valence-corrected chi connectivity index (χ4v) is 5.03. The summed E-state index contributed by atoms with van der Waals surface area (Å²) in [5.41, 5.74) is 3.22. The predicted molar refractivity (Wildman–Crippen MR) is 137 cm³/mol. The van der Waals surface area contributed by atoms with Gasteiger partial charge in [-0.1, -0.05) is 44.0 Å². The molecule has 0 bridgehead atoms. The van der Waals surface area contributed by atoms with E-state index in [0.717, 1.165) is 47.0 Å². The van der Waals surface area contributed by atoms with Gasteiger partial charge in [0.1, 0.15) is 0 Å². The zero-order chi connectivity index (χ0) is 23.2. The van der Waals surface area contributed by atoms with Gasteiger partial charge in [-0.2, -0.15) is 0 Å². The second-order valence-corrected chi connectivity index (χ2v) is 9.35. The van der Waals surface area contributed by atoms with E-state index in [-0.39, 0.29) is 24.4 Å². The Balaban J connectivity index is 1.48. The first-order valence-electron chi connectivity index (χ1n) is 11.4. The average Bonchev–Trinajstić information content (AvgIpc) is 3.45. The van der Waals surface area contributed by atoms with Crippen molar-refractivity contribution in [3.8, 4) is 0 Å². The smallest absolute Gasteiger partial charge is 0.261 e. The molecule has 7 heteroatoms. The van der Waals surface area contributed by atoms with E-state index in [1.807, 2.05) is 36.4 Å². The number of carbonyl (C=O) groups excluding carboxylic acids is 2. The fraction of sp³-hybridized carbons (Fsp3) is 0.308. The number of unbranched alkanes of at least 4 members (excludes halogenated alkanes) is 1. The summed E-state index contributed by atoms with van der Waals surface area (Å²) in [5, 5.41) is 11.2. The Morgan fingerprint density at radius 2 is 1.97 bits per heavy atom. The molecule has 0 radical (unpaired) electrons. The molecular formula is C26H30N4O2S. The highest BCUT2D eigenvalue weighted by Crippen LogP contribution is 2.29. The molecule has 4 N–H and O–H groups in total. The first kappa shape index (κ1) is 22.9. The summed E-state index contributed by atoms with van der Waals surface area (Å²) in [4.78, 5) is 28.7. The molecule has 0 spiro atoms. The fourth-order valence-electron chi connectivity index (χ4n) is 4.02. The van der Waals surface area contributed by atoms with E-state index in [2.05, 4.69) is 46.2 Å². The summed E-state index contributed by atoms with van der Waals surface area (Å²) < 4.78 is 1.02. The standard InChI is InChI=1S/C26H30N4O2S/c1-3-4-7-20(12-18-15-29-22-9-6-5-8-21(18)22)30-26(32)24-13-17-10-11-19(14-23(17)33-24)28-16-25(31)27-2/h5-6,8-11,13-15,20,28-29H,3-4,7,12,16H2,1-2H3,(H,27,31)(H,30,32). The molecule has 0 aliphatic heterocycles. The van der Waals surface area contributed by atoms with Crippen LogP contribution in [0.2, 0.25) is 0 Å². The van der Waals surface area contributed by atoms with E-state index in [1.54, 1.807) is 7.05 Å². The number of thiophene rings is 1. The normalized spacial score (nSPS) is 12.1. The van der Waals surface area contributed by atoms with Crippen LogP contribution in [0.15, 0.2) is 54.7 Å². The van der Waals surface area contributed by atoms with Crippen LogP contribution in [0.5, 0.6) is 0 Å². The van der Waals surface area contributed by atoms with Crippen molar-refractivity contribution in [3.63, 3.8) is 0 Å². The van der Waals surface area contributed by atoms with E-state index in [9.17, 15) is 9.59 Å². The Morgan fingerprint density at radius 1 is 1.12 bits per heavy atom. The van der Waals surface area contributed by atoms with Crippen LogP contribution in [0, 0.1) is 0 Å². The predicted octanol–water partition coefficient (Wildman–Crippen LogP) is 5.07. The number of hydrogen-bond acceptors (Lipinski definition) is 4. The van der Waals surface area contributed by atoms with Gasteiger partial charge >= 0.3 is 0 Å². The van der Waals surface area contributed by atoms with Crippen molar-refractivity contribution in [1.29, 1.82) is 0 Å². The molecule has 1 atom stereocenters. The highest BCUT2D eigenvalue weighted by molar-refractivity contribution is 7.20. The Morgan fingerprint density at radius 3 is 2.79 bits per heavy atom. The lowest BCUT2D eigenvalue weighted by Crippen LogP contribution is -2.36. The molecule has 0 saturated carbocycles. The minimum Gasteiger partial charge on any atom is -0.376 e. The topological polar surface area (TPSA) is 86.0 Å². The molecule has 33 heavy (non-hydrogen) atoms. The third-order valence-corrected chi connectivity index (χ3v) is 6.95. The minimum absolute atomic E-state index is 0.0305. The quantitative estimate of drug-likeness (QED) is 0.265. The van der Waals surface area contributed by atoms with Crippen molar-refractivity contribution >= 4 is 49.8 Å². The maximum absolute atomic E-state index is 13.1. The number of carbonyl (C=O) groups is 2. The van der Waals surface area contributed by atoms with E-state index >= 15 is 0 Å². The van der Waals surface area contributed by atoms with Gasteiger partial charge in [-0.15, -0.1) is 11.3 Å². The van der Waals surface area contributed by atoms with Crippen LogP contribution in [0.25, 0.3) is 21.0 Å². The molecular weight excluding hydrogens is 432 g/mol. The monoisotopic (exact) mass is 462 g/mol. The molecule has 0 aliphatic rings. The molecule has 172 valence electrons. The third-order valence-electron chi connectivity index (χ3n) is 5.86. The number of hydrogen-bond donors (Lipinski definition) is 4. The largest absolute Gasteiger partial charge is 0.376 e. The van der Waals surface area contributed by atoms with Gasteiger partial charge in [0.05, 0.1) is 11.4 Å². The first-order valence-corrected chi connectivity index (χ1v) is 12.2. The van der Waals surface area contributed by atoms with Crippen molar-refractivity contribution < 1.29 is 9.59 Å². The highest BCUT2D eigenvalue weighted by atomic mass is 32.1. The molecule has 0 fully saturated rings. The molecule has 4 rings (SSSR count). The number of amides is 2. The molecule has 0 aliphatic carbocycles. The van der Waals surface area contributed by atoms with E-state index < -0.39 is 0 Å². The van der Waals surface area contributed by atoms with Gasteiger partial charge in [0, 0.05) is 40.6 Å². The Labute approximate surface area is 197 Å². The highest BCUT2D eigenvalue weighted by Gasteiger charge is 2.18. The van der Waals surface area contributed by atoms with Gasteiger partial charge in [0.15, 0.2) is 0 Å². The van der Waals surface area contributed by atoms with Gasteiger partial charge in [-0.3, -0.25) is 9.59 Å². The number of aromatic amines is 1. The summed E-state index contributed by atoms with van der Waals surface area (Å²) >= 11 is 1.48. The SMILES string of the molecule is CCCCC(Cc1c[nH]c2ccccc12)NC(=O)c1cc2ccc(NCC(=O)NC)cc2s1. The van der Waals surface area contributed by atoms with Crippen LogP contribution in [-0.4, -0.2) is 36.4 Å². The number of H-pyrrole nitrogens is 1. The van der Waals surface area contributed by atoms with Gasteiger partial charge in [0.2, 0.25) is 5.91 Å². The molecule has 2 amide bonds. The van der Waals surface area contributed by atoms with Crippen molar-refractivity contribution in [3.05, 3.63) is 65.2 Å². The number of likely N-dealkylation sites (N-methyl/N-ethyl adjacent to an activating group) is 1. The third kappa shape index (κ3) is 5.54. The lowest BCUT2D eigenvalue weighted by Gasteiger charge is -2.18. The molecule has 2 aromatic heterocycles. The summed E-state index contributed by atoms with van der Waals surface area (Å²) in [6.07, 6.45) is 5.96. The summed E-state index contributed by atoms with van der Waals surface area (Å²) in [6, 6.07) is 16.2. The number of rotatable bonds is 10. The number of benzene rings is 2. The van der Waals surface area contributed by atoms with Crippen LogP contribution in [-0.2, 0) is 11.2 Å². The van der Waals surface area contributed by atoms with Crippen LogP contribution >= 0.6 is 11.3 Å². The van der Waals surface area contributed by atoms with E-state index in [1.165, 1.54) is 22.3 Å². The summed E-state index contributed by atoms with van der Waals surface area (Å²) in [5.74, 6) is -0.105. The van der Waals surface area contributed by atoms with Gasteiger partial charge in [0.25, 0.3) is 5.91 Å². The Bertz CT molecular complexity index is 1260. The van der Waals surface area contributed by atoms with E-state index in [4.69, 9.17) is 0 Å². The molecule has 1 unspecified atom stereocenters. The number of para-hydroxylation sites is 1. The van der Waals surface area contributed by atoms with Crippen LogP contribution in [0.4, 0.5) is 5.69 Å². The van der Waals surface area contributed by atoms with Crippen molar-refractivity contribution in [2.24, 2.45) is 0 Å². The maximum Gasteiger partial charge on any atom is 0.261 e. The zero-order valence-electron chi connectivity index (χ0n) is 19.0. The molecule has 2 heterocycles. The lowest BCUT2D eigenvalue weighted by molar-refractivity contribution is -0.118. The van der Waals surface area contributed by atoms with Crippen LogP contribution in [0.1, 0.15) is 41.4 Å². The molecule has 2 aromatic carbocycles. The number of anilines is 1. The zero-order valence-corrected chi connectivity index (χ0v) is 19.9. The first-order chi connectivity index (χ1) is 16.1. The minimum atomic E-state index is -0.0744. The Kier molecular flexibility index (Phi) is 7.29. The van der Waals surface area contributed by atoms with Gasteiger partial charge in [-0.25, -0.2) is 0 Å². The average molecular weight is 463 g/mol. The van der Waals surface area contributed by atoms with Crippen LogP contribution in [0.3, 0.4) is 0 Å². The maximum atomic E-state index is 13.1.